The van der Waals surface area contributed by atoms with Crippen LogP contribution in [-0.4, -0.2) is 43.0 Å². The zero-order valence-electron chi connectivity index (χ0n) is 12.2. The molecule has 1 saturated carbocycles. The first kappa shape index (κ1) is 14.6. The van der Waals surface area contributed by atoms with Gasteiger partial charge in [-0.05, 0) is 46.5 Å². The molecule has 0 aromatic carbocycles. The first-order valence-electron chi connectivity index (χ1n) is 7.26. The number of hydrogen-bond donors (Lipinski definition) is 2. The Morgan fingerprint density at radius 2 is 1.74 bits per heavy atom. The lowest BCUT2D eigenvalue weighted by Gasteiger charge is -2.39. The zero-order valence-corrected chi connectivity index (χ0v) is 12.2. The number of hydrogen-bond acceptors (Lipinski definition) is 4. The van der Waals surface area contributed by atoms with Gasteiger partial charge in [-0.2, -0.15) is 0 Å². The largest absolute Gasteiger partial charge is 0.444 e. The lowest BCUT2D eigenvalue weighted by Crippen LogP contribution is -2.55. The molecule has 1 aliphatic heterocycles. The number of amides is 1. The molecule has 2 aliphatic rings. The van der Waals surface area contributed by atoms with Crippen molar-refractivity contribution in [3.63, 3.8) is 0 Å². The first-order chi connectivity index (χ1) is 8.92. The summed E-state index contributed by atoms with van der Waals surface area (Å²) in [5.41, 5.74) is -0.423. The Bertz CT molecular complexity index is 302. The number of ether oxygens (including phenoxy) is 2. The van der Waals surface area contributed by atoms with Crippen molar-refractivity contribution in [1.29, 1.82) is 0 Å². The molecule has 2 fully saturated rings. The van der Waals surface area contributed by atoms with E-state index >= 15 is 0 Å². The van der Waals surface area contributed by atoms with Gasteiger partial charge in [-0.3, -0.25) is 0 Å². The number of carbonyl (C=O) groups is 1. The predicted octanol–water partition coefficient (Wildman–Crippen LogP) is 1.81. The minimum Gasteiger partial charge on any atom is -0.444 e. The van der Waals surface area contributed by atoms with Gasteiger partial charge in [0.25, 0.3) is 0 Å². The molecule has 1 heterocycles. The quantitative estimate of drug-likeness (QED) is 0.821. The van der Waals surface area contributed by atoms with Gasteiger partial charge in [-0.25, -0.2) is 4.79 Å². The van der Waals surface area contributed by atoms with E-state index in [1.165, 1.54) is 0 Å². The number of nitrogens with one attached hydrogen (secondary N) is 2. The molecule has 5 heteroatoms. The second-order valence-corrected chi connectivity index (χ2v) is 6.56. The van der Waals surface area contributed by atoms with Crippen molar-refractivity contribution in [3.8, 4) is 0 Å². The Hall–Kier alpha value is -0.810. The van der Waals surface area contributed by atoms with E-state index in [1.807, 2.05) is 20.8 Å². The second kappa shape index (κ2) is 6.09. The monoisotopic (exact) mass is 270 g/mol. The molecule has 0 atom stereocenters. The molecule has 0 unspecified atom stereocenters. The SMILES string of the molecule is CC(C)(C)OC(=O)NC1CC(NC2CCOCC2)C1. The van der Waals surface area contributed by atoms with Crippen LogP contribution in [0.3, 0.4) is 0 Å². The summed E-state index contributed by atoms with van der Waals surface area (Å²) in [5, 5.41) is 6.55. The molecule has 0 aromatic rings. The number of rotatable bonds is 3. The second-order valence-electron chi connectivity index (χ2n) is 6.56. The Kier molecular flexibility index (Phi) is 4.68. The van der Waals surface area contributed by atoms with Crippen LogP contribution < -0.4 is 10.6 Å². The molecule has 0 radical (unpaired) electrons. The van der Waals surface area contributed by atoms with Gasteiger partial charge in [0.2, 0.25) is 0 Å². The molecule has 1 saturated heterocycles. The number of carbonyl (C=O) groups excluding carboxylic acids is 1. The molecule has 0 bridgehead atoms. The lowest BCUT2D eigenvalue weighted by atomic mass is 9.86. The summed E-state index contributed by atoms with van der Waals surface area (Å²) in [7, 11) is 0. The third-order valence-corrected chi connectivity index (χ3v) is 3.55. The Labute approximate surface area is 115 Å². The average molecular weight is 270 g/mol. The van der Waals surface area contributed by atoms with E-state index in [1.54, 1.807) is 0 Å². The van der Waals surface area contributed by atoms with Crippen molar-refractivity contribution in [3.05, 3.63) is 0 Å². The summed E-state index contributed by atoms with van der Waals surface area (Å²) in [6.45, 7) is 7.36. The van der Waals surface area contributed by atoms with Crippen molar-refractivity contribution >= 4 is 6.09 Å². The van der Waals surface area contributed by atoms with Gasteiger partial charge in [0.15, 0.2) is 0 Å². The van der Waals surface area contributed by atoms with Gasteiger partial charge in [0.1, 0.15) is 5.60 Å². The van der Waals surface area contributed by atoms with Crippen LogP contribution in [0, 0.1) is 0 Å². The van der Waals surface area contributed by atoms with Crippen LogP contribution in [0.2, 0.25) is 0 Å². The van der Waals surface area contributed by atoms with E-state index in [0.29, 0.717) is 12.1 Å². The Morgan fingerprint density at radius 3 is 2.32 bits per heavy atom. The number of alkyl carbamates (subject to hydrolysis) is 1. The van der Waals surface area contributed by atoms with Gasteiger partial charge in [0.05, 0.1) is 0 Å². The van der Waals surface area contributed by atoms with Crippen LogP contribution in [0.5, 0.6) is 0 Å². The summed E-state index contributed by atoms with van der Waals surface area (Å²) in [6.07, 6.45) is 3.89. The molecule has 1 aliphatic carbocycles. The zero-order chi connectivity index (χ0) is 13.9. The van der Waals surface area contributed by atoms with E-state index in [9.17, 15) is 4.79 Å². The molecule has 0 spiro atoms. The van der Waals surface area contributed by atoms with Crippen LogP contribution >= 0.6 is 0 Å². The first-order valence-corrected chi connectivity index (χ1v) is 7.26. The smallest absolute Gasteiger partial charge is 0.407 e. The molecular formula is C14H26N2O3. The fourth-order valence-corrected chi connectivity index (χ4v) is 2.54. The molecule has 19 heavy (non-hydrogen) atoms. The van der Waals surface area contributed by atoms with Crippen LogP contribution in [0.25, 0.3) is 0 Å². The van der Waals surface area contributed by atoms with E-state index in [4.69, 9.17) is 9.47 Å². The topological polar surface area (TPSA) is 59.6 Å². The summed E-state index contributed by atoms with van der Waals surface area (Å²) >= 11 is 0. The Morgan fingerprint density at radius 1 is 1.11 bits per heavy atom. The van der Waals surface area contributed by atoms with E-state index in [0.717, 1.165) is 38.9 Å². The minimum atomic E-state index is -0.423. The summed E-state index contributed by atoms with van der Waals surface area (Å²) < 4.78 is 10.6. The fraction of sp³-hybridized carbons (Fsp3) is 0.929. The van der Waals surface area contributed by atoms with Crippen molar-refractivity contribution < 1.29 is 14.3 Å². The maximum absolute atomic E-state index is 11.6. The van der Waals surface area contributed by atoms with Gasteiger partial charge >= 0.3 is 6.09 Å². The van der Waals surface area contributed by atoms with E-state index in [-0.39, 0.29) is 12.1 Å². The van der Waals surface area contributed by atoms with Crippen molar-refractivity contribution in [2.45, 2.75) is 70.2 Å². The highest BCUT2D eigenvalue weighted by Gasteiger charge is 2.33. The van der Waals surface area contributed by atoms with Crippen LogP contribution in [0.4, 0.5) is 4.79 Å². The average Bonchev–Trinajstić information content (AvgIpc) is 2.25. The summed E-state index contributed by atoms with van der Waals surface area (Å²) in [6, 6.07) is 1.37. The van der Waals surface area contributed by atoms with E-state index in [2.05, 4.69) is 10.6 Å². The summed E-state index contributed by atoms with van der Waals surface area (Å²) in [4.78, 5) is 11.6. The highest BCUT2D eigenvalue weighted by atomic mass is 16.6. The van der Waals surface area contributed by atoms with Gasteiger partial charge in [-0.1, -0.05) is 0 Å². The van der Waals surface area contributed by atoms with Crippen molar-refractivity contribution in [2.75, 3.05) is 13.2 Å². The fourth-order valence-electron chi connectivity index (χ4n) is 2.54. The predicted molar refractivity (Wildman–Crippen MR) is 73.2 cm³/mol. The van der Waals surface area contributed by atoms with E-state index < -0.39 is 5.60 Å². The molecule has 110 valence electrons. The molecule has 1 amide bonds. The van der Waals surface area contributed by atoms with Gasteiger partial charge in [0, 0.05) is 31.3 Å². The molecular weight excluding hydrogens is 244 g/mol. The maximum atomic E-state index is 11.6. The minimum absolute atomic E-state index is 0.257. The molecule has 2 N–H and O–H groups in total. The lowest BCUT2D eigenvalue weighted by molar-refractivity contribution is 0.0443. The highest BCUT2D eigenvalue weighted by molar-refractivity contribution is 5.68. The normalized spacial score (nSPS) is 28.6. The van der Waals surface area contributed by atoms with Gasteiger partial charge < -0.3 is 20.1 Å². The van der Waals surface area contributed by atoms with Crippen molar-refractivity contribution in [2.24, 2.45) is 0 Å². The van der Waals surface area contributed by atoms with Crippen LogP contribution in [0.15, 0.2) is 0 Å². The molecule has 5 nitrogen and oxygen atoms in total. The highest BCUT2D eigenvalue weighted by Crippen LogP contribution is 2.22. The Balaban J connectivity index is 1.59. The summed E-state index contributed by atoms with van der Waals surface area (Å²) in [5.74, 6) is 0. The molecule has 2 rings (SSSR count). The third-order valence-electron chi connectivity index (χ3n) is 3.55. The third kappa shape index (κ3) is 4.99. The van der Waals surface area contributed by atoms with Gasteiger partial charge in [-0.15, -0.1) is 0 Å². The van der Waals surface area contributed by atoms with Crippen molar-refractivity contribution in [1.82, 2.24) is 10.6 Å². The maximum Gasteiger partial charge on any atom is 0.407 e. The van der Waals surface area contributed by atoms with Crippen LogP contribution in [0.1, 0.15) is 46.5 Å². The molecule has 0 aromatic heterocycles. The van der Waals surface area contributed by atoms with Crippen LogP contribution in [-0.2, 0) is 9.47 Å². The standard InChI is InChI=1S/C14H26N2O3/c1-14(2,3)19-13(17)16-12-8-11(9-12)15-10-4-6-18-7-5-10/h10-12,15H,4-9H2,1-3H3,(H,16,17).